The molecule has 1 aliphatic carbocycles. The molecule has 0 saturated heterocycles. The number of hydrogen-bond acceptors (Lipinski definition) is 3. The van der Waals surface area contributed by atoms with Gasteiger partial charge in [-0.3, -0.25) is 4.99 Å². The van der Waals surface area contributed by atoms with Crippen molar-refractivity contribution in [2.45, 2.75) is 25.8 Å². The number of nitrogens with zero attached hydrogens (tertiary/aromatic N) is 3. The normalized spacial score (nSPS) is 21.3. The van der Waals surface area contributed by atoms with E-state index in [1.165, 1.54) is 18.5 Å². The van der Waals surface area contributed by atoms with Crippen LogP contribution < -0.4 is 12.4 Å². The standard InChI is InChI=1S/C18H28N3.ClH.Mg/c1-4-21(5-2)15-9-8-14-20(3)18-12-13-19-17-11-7-6-10-16(17)18;;/h6-7,10-13,16-17H,1,4-5,8-9,14-15H2,2-3H3;1H;/q-1;;+2/p-1. The van der Waals surface area contributed by atoms with E-state index in [1.54, 1.807) is 0 Å². The summed E-state index contributed by atoms with van der Waals surface area (Å²) in [5, 5.41) is 0. The molecule has 3 nitrogen and oxygen atoms in total. The molecule has 0 fully saturated rings. The van der Waals surface area contributed by atoms with Crippen molar-refractivity contribution in [2.75, 3.05) is 33.2 Å². The number of rotatable bonds is 8. The predicted molar refractivity (Wildman–Crippen MR) is 97.2 cm³/mol. The van der Waals surface area contributed by atoms with Crippen LogP contribution in [-0.2, 0) is 0 Å². The number of halogens is 1. The summed E-state index contributed by atoms with van der Waals surface area (Å²) in [6, 6.07) is 0.291. The molecule has 0 radical (unpaired) electrons. The smallest absolute Gasteiger partial charge is 1.00 e. The summed E-state index contributed by atoms with van der Waals surface area (Å²) in [5.74, 6) is 0.414. The number of fused-ring (bicyclic) bond motifs is 1. The van der Waals surface area contributed by atoms with Crippen LogP contribution in [0.25, 0.3) is 0 Å². The third-order valence-corrected chi connectivity index (χ3v) is 4.37. The fourth-order valence-corrected chi connectivity index (χ4v) is 2.96. The Labute approximate surface area is 164 Å². The predicted octanol–water partition coefficient (Wildman–Crippen LogP) is -0.443. The molecular weight excluding hydrogens is 318 g/mol. The minimum atomic E-state index is 0. The van der Waals surface area contributed by atoms with Crippen LogP contribution in [-0.4, -0.2) is 78.3 Å². The van der Waals surface area contributed by atoms with Gasteiger partial charge in [-0.05, 0) is 32.0 Å². The molecule has 0 spiro atoms. The average Bonchev–Trinajstić information content (AvgIpc) is 2.54. The molecule has 23 heavy (non-hydrogen) atoms. The third kappa shape index (κ3) is 6.61. The van der Waals surface area contributed by atoms with Crippen LogP contribution >= 0.6 is 0 Å². The van der Waals surface area contributed by atoms with E-state index >= 15 is 0 Å². The van der Waals surface area contributed by atoms with Gasteiger partial charge in [0, 0.05) is 31.4 Å². The molecule has 2 aliphatic rings. The first-order chi connectivity index (χ1) is 10.3. The zero-order chi connectivity index (χ0) is 15.1. The van der Waals surface area contributed by atoms with E-state index in [-0.39, 0.29) is 35.5 Å². The van der Waals surface area contributed by atoms with Crippen LogP contribution in [0.4, 0.5) is 0 Å². The van der Waals surface area contributed by atoms with Crippen molar-refractivity contribution < 1.29 is 12.4 Å². The topological polar surface area (TPSA) is 18.8 Å². The Kier molecular flexibility index (Phi) is 12.0. The van der Waals surface area contributed by atoms with Gasteiger partial charge in [-0.25, -0.2) is 0 Å². The first kappa shape index (κ1) is 22.7. The molecule has 2 atom stereocenters. The van der Waals surface area contributed by atoms with E-state index in [0.717, 1.165) is 26.2 Å². The SMILES string of the molecule is [CH2-]CN(CC)CCCCN(C)C1=CC=NC2C=CC=CC12.[Cl-].[Mg+2]. The van der Waals surface area contributed by atoms with Crippen LogP contribution in [0.2, 0.25) is 0 Å². The maximum absolute atomic E-state index is 4.55. The number of allylic oxidation sites excluding steroid dienone is 3. The summed E-state index contributed by atoms with van der Waals surface area (Å²) in [4.78, 5) is 9.33. The Morgan fingerprint density at radius 1 is 1.17 bits per heavy atom. The Balaban J connectivity index is 0.00000242. The number of unbranched alkanes of at least 4 members (excludes halogenated alkanes) is 1. The quantitative estimate of drug-likeness (QED) is 0.337. The molecule has 5 heteroatoms. The maximum Gasteiger partial charge on any atom is 2.00 e. The van der Waals surface area contributed by atoms with Crippen molar-refractivity contribution in [3.8, 4) is 0 Å². The van der Waals surface area contributed by atoms with Crippen LogP contribution in [0.5, 0.6) is 0 Å². The number of aliphatic imine (C=N–C) groups is 1. The van der Waals surface area contributed by atoms with E-state index in [4.69, 9.17) is 0 Å². The molecule has 0 aromatic rings. The second-order valence-corrected chi connectivity index (χ2v) is 5.74. The molecule has 2 rings (SSSR count). The second kappa shape index (κ2) is 12.1. The molecule has 0 amide bonds. The van der Waals surface area contributed by atoms with Crippen LogP contribution in [0.3, 0.4) is 0 Å². The summed E-state index contributed by atoms with van der Waals surface area (Å²) >= 11 is 0. The average molecular weight is 346 g/mol. The molecule has 0 aromatic heterocycles. The van der Waals surface area contributed by atoms with Crippen molar-refractivity contribution in [1.82, 2.24) is 9.80 Å². The van der Waals surface area contributed by atoms with Gasteiger partial charge >= 0.3 is 23.1 Å². The first-order valence-electron chi connectivity index (χ1n) is 8.07. The Morgan fingerprint density at radius 3 is 2.57 bits per heavy atom. The van der Waals surface area contributed by atoms with E-state index in [0.29, 0.717) is 12.0 Å². The van der Waals surface area contributed by atoms with E-state index in [1.807, 2.05) is 6.21 Å². The minimum absolute atomic E-state index is 0. The summed E-state index contributed by atoms with van der Waals surface area (Å²) in [7, 11) is 2.20. The van der Waals surface area contributed by atoms with E-state index in [9.17, 15) is 0 Å². The Morgan fingerprint density at radius 2 is 1.87 bits per heavy atom. The van der Waals surface area contributed by atoms with Crippen LogP contribution in [0, 0.1) is 12.8 Å². The van der Waals surface area contributed by atoms with E-state index < -0.39 is 0 Å². The van der Waals surface area contributed by atoms with Crippen LogP contribution in [0.1, 0.15) is 19.8 Å². The minimum Gasteiger partial charge on any atom is -1.00 e. The fourth-order valence-electron chi connectivity index (χ4n) is 2.96. The summed E-state index contributed by atoms with van der Waals surface area (Å²) in [6.07, 6.45) is 15.3. The van der Waals surface area contributed by atoms with Crippen molar-refractivity contribution >= 4 is 29.3 Å². The van der Waals surface area contributed by atoms with Gasteiger partial charge in [0.25, 0.3) is 0 Å². The van der Waals surface area contributed by atoms with Gasteiger partial charge in [0.05, 0.1) is 6.04 Å². The monoisotopic (exact) mass is 345 g/mol. The Bertz CT molecular complexity index is 442. The molecule has 1 heterocycles. The largest absolute Gasteiger partial charge is 2.00 e. The first-order valence-corrected chi connectivity index (χ1v) is 8.07. The van der Waals surface area contributed by atoms with Gasteiger partial charge in [0.1, 0.15) is 0 Å². The third-order valence-electron chi connectivity index (χ3n) is 4.37. The zero-order valence-electron chi connectivity index (χ0n) is 14.5. The molecule has 0 aromatic carbocycles. The van der Waals surface area contributed by atoms with Gasteiger partial charge < -0.3 is 29.1 Å². The molecular formula is C18H28ClMgN3. The second-order valence-electron chi connectivity index (χ2n) is 5.74. The van der Waals surface area contributed by atoms with Crippen molar-refractivity contribution in [3.05, 3.63) is 43.0 Å². The fraction of sp³-hybridized carbons (Fsp3) is 0.556. The number of dihydropyridines is 1. The van der Waals surface area contributed by atoms with Gasteiger partial charge in [-0.1, -0.05) is 31.2 Å². The van der Waals surface area contributed by atoms with Gasteiger partial charge in [0.15, 0.2) is 0 Å². The molecule has 1 aliphatic heterocycles. The molecule has 124 valence electrons. The van der Waals surface area contributed by atoms with Crippen molar-refractivity contribution in [2.24, 2.45) is 10.9 Å². The molecule has 2 unspecified atom stereocenters. The summed E-state index contributed by atoms with van der Waals surface area (Å²) in [5.41, 5.74) is 1.39. The van der Waals surface area contributed by atoms with Crippen LogP contribution in [0.15, 0.2) is 41.1 Å². The number of hydrogen-bond donors (Lipinski definition) is 0. The van der Waals surface area contributed by atoms with Gasteiger partial charge in [-0.2, -0.15) is 0 Å². The zero-order valence-corrected chi connectivity index (χ0v) is 16.7. The van der Waals surface area contributed by atoms with E-state index in [2.05, 4.69) is 66.1 Å². The van der Waals surface area contributed by atoms with Gasteiger partial charge in [-0.15, -0.1) is 6.54 Å². The molecule has 0 N–H and O–H groups in total. The maximum atomic E-state index is 4.55. The molecule has 0 bridgehead atoms. The summed E-state index contributed by atoms with van der Waals surface area (Å²) in [6.45, 7) is 10.4. The Hall–Kier alpha value is -0.294. The summed E-state index contributed by atoms with van der Waals surface area (Å²) < 4.78 is 0. The van der Waals surface area contributed by atoms with Crippen molar-refractivity contribution in [3.63, 3.8) is 0 Å². The van der Waals surface area contributed by atoms with Crippen molar-refractivity contribution in [1.29, 1.82) is 0 Å². The molecule has 0 saturated carbocycles. The van der Waals surface area contributed by atoms with Gasteiger partial charge in [0.2, 0.25) is 0 Å².